The number of H-pyrrole nitrogens is 1. The van der Waals surface area contributed by atoms with Gasteiger partial charge in [0.05, 0.1) is 29.9 Å². The molecule has 1 aliphatic carbocycles. The zero-order valence-electron chi connectivity index (χ0n) is 31.5. The Kier molecular flexibility index (Phi) is 10.8. The monoisotopic (exact) mass is 825 g/mol. The quantitative estimate of drug-likeness (QED) is 0.0851. The molecule has 1 saturated heterocycles. The summed E-state index contributed by atoms with van der Waals surface area (Å²) in [5.74, 6) is 0.122. The minimum Gasteiger partial charge on any atom is -0.493 e. The average Bonchev–Trinajstić information content (AvgIpc) is 4.00. The highest BCUT2D eigenvalue weighted by molar-refractivity contribution is 7.89. The zero-order valence-corrected chi connectivity index (χ0v) is 32.3. The van der Waals surface area contributed by atoms with Crippen LogP contribution >= 0.6 is 0 Å². The van der Waals surface area contributed by atoms with E-state index in [0.717, 1.165) is 15.7 Å². The number of sulfonamides is 1. The van der Waals surface area contributed by atoms with Crippen molar-refractivity contribution in [3.05, 3.63) is 119 Å². The number of nitrogens with one attached hydrogen (secondary N) is 4. The lowest BCUT2D eigenvalue weighted by molar-refractivity contribution is 0.00758. The number of benzene rings is 3. The van der Waals surface area contributed by atoms with Crippen molar-refractivity contribution < 1.29 is 33.6 Å². The summed E-state index contributed by atoms with van der Waals surface area (Å²) in [7, 11) is -3.89. The number of rotatable bonds is 12. The molecule has 5 atom stereocenters. The lowest BCUT2D eigenvalue weighted by Gasteiger charge is -2.22. The molecule has 10 N–H and O–H groups in total. The highest BCUT2D eigenvalue weighted by Crippen LogP contribution is 2.41. The number of nitrogens with zero attached hydrogens (tertiary/aromatic N) is 6. The van der Waals surface area contributed by atoms with Crippen molar-refractivity contribution in [3.63, 3.8) is 0 Å². The van der Waals surface area contributed by atoms with Crippen LogP contribution in [0.5, 0.6) is 5.88 Å². The summed E-state index contributed by atoms with van der Waals surface area (Å²) in [4.78, 5) is 44.5. The molecule has 1 unspecified atom stereocenters. The van der Waals surface area contributed by atoms with E-state index in [1.807, 2.05) is 41.3 Å². The number of hydrogen-bond acceptors (Lipinski definition) is 13. The number of fused-ring (bicyclic) bond motifs is 1. The molecule has 1 aliphatic heterocycles. The fourth-order valence-electron chi connectivity index (χ4n) is 7.97. The summed E-state index contributed by atoms with van der Waals surface area (Å²) in [6.07, 6.45) is -0.822. The number of carbonyl (C=O) groups is 1. The van der Waals surface area contributed by atoms with Gasteiger partial charge in [0.1, 0.15) is 17.9 Å². The number of carbonyl (C=O) groups excluding carboxylic acids is 1. The Bertz CT molecular complexity index is 2580. The lowest BCUT2D eigenvalue weighted by atomic mass is 9.91. The van der Waals surface area contributed by atoms with Crippen molar-refractivity contribution in [2.24, 2.45) is 5.14 Å². The van der Waals surface area contributed by atoms with E-state index in [1.165, 1.54) is 30.6 Å². The van der Waals surface area contributed by atoms with Gasteiger partial charge in [0.15, 0.2) is 17.0 Å². The van der Waals surface area contributed by atoms with Gasteiger partial charge >= 0.3 is 11.7 Å². The third kappa shape index (κ3) is 7.95. The lowest BCUT2D eigenvalue weighted by Crippen LogP contribution is -2.40. The zero-order chi connectivity index (χ0) is 41.4. The van der Waals surface area contributed by atoms with Gasteiger partial charge in [0.25, 0.3) is 0 Å². The summed E-state index contributed by atoms with van der Waals surface area (Å²) in [6.45, 7) is 0.599. The molecule has 0 bridgehead atoms. The van der Waals surface area contributed by atoms with Crippen LogP contribution in [0.4, 0.5) is 22.2 Å². The van der Waals surface area contributed by atoms with Gasteiger partial charge in [-0.05, 0) is 48.2 Å². The van der Waals surface area contributed by atoms with Gasteiger partial charge in [0.2, 0.25) is 21.9 Å². The van der Waals surface area contributed by atoms with Crippen LogP contribution in [-0.4, -0.2) is 102 Å². The summed E-state index contributed by atoms with van der Waals surface area (Å²) >= 11 is 0. The molecule has 2 aliphatic rings. The third-order valence-corrected chi connectivity index (χ3v) is 11.9. The van der Waals surface area contributed by atoms with Crippen molar-refractivity contribution in [2.45, 2.75) is 60.6 Å². The van der Waals surface area contributed by atoms with Gasteiger partial charge in [-0.3, -0.25) is 4.57 Å². The van der Waals surface area contributed by atoms with Gasteiger partial charge in [0, 0.05) is 37.3 Å². The Labute approximate surface area is 337 Å². The first-order chi connectivity index (χ1) is 28.4. The minimum absolute atomic E-state index is 0.00570. The second-order valence-electron chi connectivity index (χ2n) is 14.7. The van der Waals surface area contributed by atoms with Crippen LogP contribution in [-0.2, 0) is 16.6 Å². The smallest absolute Gasteiger partial charge is 0.329 e. The number of aliphatic hydroxyl groups excluding tert-OH is 3. The molecular weight excluding hydrogens is 783 g/mol. The summed E-state index contributed by atoms with van der Waals surface area (Å²) in [5, 5.41) is 57.3. The molecule has 0 radical (unpaired) electrons. The van der Waals surface area contributed by atoms with Crippen LogP contribution in [0.15, 0.2) is 101 Å². The van der Waals surface area contributed by atoms with E-state index in [2.05, 4.69) is 50.2 Å². The Balaban J connectivity index is 1.09. The predicted octanol–water partition coefficient (Wildman–Crippen LogP) is 1.71. The van der Waals surface area contributed by atoms with Crippen LogP contribution in [0.3, 0.4) is 0 Å². The molecule has 0 spiro atoms. The molecule has 59 heavy (non-hydrogen) atoms. The minimum atomic E-state index is -3.89. The van der Waals surface area contributed by atoms with E-state index in [1.54, 1.807) is 4.57 Å². The molecule has 20 heteroatoms. The number of anilines is 3. The molecule has 3 aromatic heterocycles. The summed E-state index contributed by atoms with van der Waals surface area (Å²) in [6, 6.07) is 22.9. The first-order valence-electron chi connectivity index (χ1n) is 18.9. The van der Waals surface area contributed by atoms with Crippen LogP contribution in [0.1, 0.15) is 47.7 Å². The van der Waals surface area contributed by atoms with E-state index in [0.29, 0.717) is 54.7 Å². The van der Waals surface area contributed by atoms with Crippen molar-refractivity contribution in [2.75, 3.05) is 35.2 Å². The van der Waals surface area contributed by atoms with Gasteiger partial charge in [-0.25, -0.2) is 28.1 Å². The highest BCUT2D eigenvalue weighted by Gasteiger charge is 2.46. The molecule has 2 fully saturated rings. The first kappa shape index (κ1) is 39.5. The van der Waals surface area contributed by atoms with Crippen LogP contribution in [0.2, 0.25) is 0 Å². The Morgan fingerprint density at radius 1 is 0.949 bits per heavy atom. The van der Waals surface area contributed by atoms with Crippen LogP contribution in [0.25, 0.3) is 11.2 Å². The Morgan fingerprint density at radius 3 is 2.24 bits per heavy atom. The van der Waals surface area contributed by atoms with Gasteiger partial charge in [-0.15, -0.1) is 0 Å². The summed E-state index contributed by atoms with van der Waals surface area (Å²) in [5.41, 5.74) is 2.41. The Hall–Kier alpha value is -6.32. The number of aromatic nitrogens is 6. The molecule has 4 heterocycles. The fraction of sp³-hybridized carbons (Fsp3) is 0.308. The molecule has 19 nitrogen and oxygen atoms in total. The SMILES string of the molecule is NS(=O)(=O)c1ccc(NC(=O)NC2CCN(c3nc(NCC(c4ccccc4)c4ccccc4)c4ncn([C@@H]5C[C@H](n6c(O)c(CO)[nH]c6=O)[C@@H](O)[C@H]5O)c4n3)C2)cc1. The van der Waals surface area contributed by atoms with Gasteiger partial charge < -0.3 is 50.8 Å². The summed E-state index contributed by atoms with van der Waals surface area (Å²) < 4.78 is 25.8. The molecule has 6 aromatic rings. The van der Waals surface area contributed by atoms with Crippen molar-refractivity contribution in [1.82, 2.24) is 34.4 Å². The molecule has 308 valence electrons. The Morgan fingerprint density at radius 2 is 1.61 bits per heavy atom. The fourth-order valence-corrected chi connectivity index (χ4v) is 8.49. The molecule has 3 aromatic carbocycles. The van der Waals surface area contributed by atoms with E-state index in [-0.39, 0.29) is 29.0 Å². The maximum atomic E-state index is 13.0. The van der Waals surface area contributed by atoms with Crippen molar-refractivity contribution in [1.29, 1.82) is 0 Å². The standard InChI is InChI=1S/C39H43N11O8S/c40-59(57,58)26-13-11-24(12-14-26)43-38(55)44-25-15-16-48(19-25)37-46-34(41-18-27(22-7-3-1-4-8-22)23-9-5-2-6-10-23)31-35(47-37)49(21-42-31)29-17-30(33(53)32(29)52)50-36(54)28(20-51)45-39(50)56/h1-14,21,25,27,29-30,32-33,51-54H,15-20H2,(H,45,56)(H2,40,57,58)(H,41,46,47)(H2,43,44,55)/t25?,29-,30+,32+,33-/m1/s1. The first-order valence-corrected chi connectivity index (χ1v) is 20.5. The maximum absolute atomic E-state index is 13.0. The molecule has 8 rings (SSSR count). The molecular formula is C39H43N11O8S. The van der Waals surface area contributed by atoms with E-state index >= 15 is 0 Å². The number of primary sulfonamides is 1. The van der Waals surface area contributed by atoms with Gasteiger partial charge in [-0.2, -0.15) is 9.97 Å². The number of hydrogen-bond donors (Lipinski definition) is 9. The van der Waals surface area contributed by atoms with Crippen molar-refractivity contribution in [3.8, 4) is 5.88 Å². The highest BCUT2D eigenvalue weighted by atomic mass is 32.2. The van der Waals surface area contributed by atoms with Crippen molar-refractivity contribution >= 4 is 44.7 Å². The number of aromatic hydroxyl groups is 1. The largest absolute Gasteiger partial charge is 0.493 e. The third-order valence-electron chi connectivity index (χ3n) is 11.0. The number of imidazole rings is 2. The van der Waals surface area contributed by atoms with Crippen LogP contribution < -0.4 is 31.7 Å². The predicted molar refractivity (Wildman–Crippen MR) is 216 cm³/mol. The molecule has 2 amide bonds. The van der Waals surface area contributed by atoms with E-state index < -0.39 is 58.5 Å². The number of nitrogens with two attached hydrogens (primary N) is 1. The topological polar surface area (TPSA) is 279 Å². The number of amides is 2. The molecule has 1 saturated carbocycles. The second kappa shape index (κ2) is 16.1. The maximum Gasteiger partial charge on any atom is 0.329 e. The van der Waals surface area contributed by atoms with E-state index in [9.17, 15) is 38.4 Å². The van der Waals surface area contributed by atoms with Gasteiger partial charge in [-0.1, -0.05) is 60.7 Å². The number of aliphatic hydroxyl groups is 3. The number of aromatic amines is 1. The van der Waals surface area contributed by atoms with Crippen LogP contribution in [0, 0.1) is 0 Å². The second-order valence-corrected chi connectivity index (χ2v) is 16.2. The average molecular weight is 826 g/mol. The normalized spacial score (nSPS) is 20.7. The number of urea groups is 1. The van der Waals surface area contributed by atoms with E-state index in [4.69, 9.17) is 15.1 Å².